The molecule has 0 fully saturated rings. The van der Waals surface area contributed by atoms with Gasteiger partial charge in [0, 0.05) is 18.9 Å². The van der Waals surface area contributed by atoms with Crippen LogP contribution in [0.4, 0.5) is 16.2 Å². The Morgan fingerprint density at radius 2 is 1.78 bits per heavy atom. The summed E-state index contributed by atoms with van der Waals surface area (Å²) in [6.07, 6.45) is 7.22. The first-order chi connectivity index (χ1) is 11.3. The van der Waals surface area contributed by atoms with E-state index >= 15 is 0 Å². The Balaban J connectivity index is 1.71. The number of rotatable bonds is 2. The summed E-state index contributed by atoms with van der Waals surface area (Å²) in [6, 6.07) is 17.8. The van der Waals surface area contributed by atoms with Gasteiger partial charge in [-0.3, -0.25) is 14.8 Å². The third kappa shape index (κ3) is 2.44. The van der Waals surface area contributed by atoms with Gasteiger partial charge < -0.3 is 0 Å². The number of hydrogen-bond acceptors (Lipinski definition) is 2. The molecule has 1 aliphatic heterocycles. The van der Waals surface area contributed by atoms with Crippen molar-refractivity contribution in [1.29, 1.82) is 0 Å². The number of carbonyl (C=O) groups excluding carboxylic acids is 1. The van der Waals surface area contributed by atoms with Crippen LogP contribution in [0.25, 0.3) is 10.8 Å². The third-order valence-electron chi connectivity index (χ3n) is 3.95. The highest BCUT2D eigenvalue weighted by Gasteiger charge is 2.24. The summed E-state index contributed by atoms with van der Waals surface area (Å²) in [5.41, 5.74) is 1.66. The number of benzene rings is 2. The van der Waals surface area contributed by atoms with Gasteiger partial charge in [-0.05, 0) is 41.1 Å². The molecule has 0 spiro atoms. The molecule has 112 valence electrons. The summed E-state index contributed by atoms with van der Waals surface area (Å²) in [4.78, 5) is 20.3. The summed E-state index contributed by atoms with van der Waals surface area (Å²) in [5.74, 6) is 0. The van der Waals surface area contributed by atoms with Gasteiger partial charge in [0.05, 0.1) is 17.6 Å². The highest BCUT2D eigenvalue weighted by molar-refractivity contribution is 6.06. The molecule has 23 heavy (non-hydrogen) atoms. The van der Waals surface area contributed by atoms with Crippen molar-refractivity contribution in [3.8, 4) is 0 Å². The van der Waals surface area contributed by atoms with Crippen LogP contribution in [0.15, 0.2) is 79.3 Å². The van der Waals surface area contributed by atoms with E-state index < -0.39 is 0 Å². The van der Waals surface area contributed by atoms with Crippen LogP contribution in [0, 0.1) is 0 Å². The number of pyridine rings is 1. The second-order valence-corrected chi connectivity index (χ2v) is 5.39. The van der Waals surface area contributed by atoms with E-state index in [-0.39, 0.29) is 6.03 Å². The molecule has 0 aliphatic carbocycles. The number of urea groups is 1. The van der Waals surface area contributed by atoms with Gasteiger partial charge in [0.25, 0.3) is 0 Å². The first kappa shape index (κ1) is 13.5. The fourth-order valence-corrected chi connectivity index (χ4v) is 2.78. The Bertz CT molecular complexity index is 889. The van der Waals surface area contributed by atoms with E-state index in [4.69, 9.17) is 0 Å². The molecule has 4 rings (SSSR count). The summed E-state index contributed by atoms with van der Waals surface area (Å²) in [7, 11) is 0. The summed E-state index contributed by atoms with van der Waals surface area (Å²) < 4.78 is 0. The zero-order valence-corrected chi connectivity index (χ0v) is 12.5. The normalized spacial score (nSPS) is 14.5. The topological polar surface area (TPSA) is 36.4 Å². The lowest BCUT2D eigenvalue weighted by Gasteiger charge is -2.31. The second-order valence-electron chi connectivity index (χ2n) is 5.39. The standard InChI is InChI=1S/C19H15N3O/c23-19-21(11-4-12-22(19)18-7-3-10-20-14-18)17-9-8-15-5-1-2-6-16(15)13-17/h1-11,13-14H,12H2. The average Bonchev–Trinajstić information content (AvgIpc) is 2.62. The smallest absolute Gasteiger partial charge is 0.288 e. The van der Waals surface area contributed by atoms with Gasteiger partial charge in [-0.1, -0.05) is 30.3 Å². The highest BCUT2D eigenvalue weighted by atomic mass is 16.2. The van der Waals surface area contributed by atoms with Crippen LogP contribution >= 0.6 is 0 Å². The van der Waals surface area contributed by atoms with E-state index in [2.05, 4.69) is 17.1 Å². The van der Waals surface area contributed by atoms with E-state index in [9.17, 15) is 4.79 Å². The number of fused-ring (bicyclic) bond motifs is 1. The predicted molar refractivity (Wildman–Crippen MR) is 92.5 cm³/mol. The molecular weight excluding hydrogens is 286 g/mol. The molecule has 2 heterocycles. The molecule has 2 aromatic carbocycles. The average molecular weight is 301 g/mol. The summed E-state index contributed by atoms with van der Waals surface area (Å²) in [6.45, 7) is 0.550. The molecule has 0 unspecified atom stereocenters. The Morgan fingerprint density at radius 3 is 2.61 bits per heavy atom. The SMILES string of the molecule is O=C1N(c2ccc3ccccc3c2)C=CCN1c1cccnc1. The molecule has 4 heteroatoms. The molecular formula is C19H15N3O. The predicted octanol–water partition coefficient (Wildman–Crippen LogP) is 4.20. The van der Waals surface area contributed by atoms with Crippen LogP contribution in [-0.4, -0.2) is 17.6 Å². The molecule has 0 saturated carbocycles. The lowest BCUT2D eigenvalue weighted by Crippen LogP contribution is -2.44. The van der Waals surface area contributed by atoms with Crippen molar-refractivity contribution < 1.29 is 4.79 Å². The number of hydrogen-bond donors (Lipinski definition) is 0. The maximum atomic E-state index is 12.8. The first-order valence-electron chi connectivity index (χ1n) is 7.49. The van der Waals surface area contributed by atoms with E-state index in [1.54, 1.807) is 22.2 Å². The van der Waals surface area contributed by atoms with Gasteiger partial charge in [-0.25, -0.2) is 4.79 Å². The number of nitrogens with zero attached hydrogens (tertiary/aromatic N) is 3. The first-order valence-corrected chi connectivity index (χ1v) is 7.49. The van der Waals surface area contributed by atoms with Gasteiger partial charge >= 0.3 is 6.03 Å². The molecule has 3 aromatic rings. The van der Waals surface area contributed by atoms with Gasteiger partial charge in [-0.15, -0.1) is 0 Å². The maximum Gasteiger partial charge on any atom is 0.333 e. The van der Waals surface area contributed by atoms with Crippen LogP contribution in [0.2, 0.25) is 0 Å². The van der Waals surface area contributed by atoms with Crippen molar-refractivity contribution >= 4 is 28.2 Å². The van der Waals surface area contributed by atoms with Crippen LogP contribution in [-0.2, 0) is 0 Å². The van der Waals surface area contributed by atoms with E-state index in [0.29, 0.717) is 6.54 Å². The molecule has 0 radical (unpaired) electrons. The molecule has 1 aliphatic rings. The van der Waals surface area contributed by atoms with Gasteiger partial charge in [0.1, 0.15) is 0 Å². The minimum absolute atomic E-state index is 0.0734. The fraction of sp³-hybridized carbons (Fsp3) is 0.0526. The van der Waals surface area contributed by atoms with Gasteiger partial charge in [-0.2, -0.15) is 0 Å². The third-order valence-corrected chi connectivity index (χ3v) is 3.95. The number of carbonyl (C=O) groups is 1. The zero-order valence-electron chi connectivity index (χ0n) is 12.5. The van der Waals surface area contributed by atoms with E-state index in [0.717, 1.165) is 22.1 Å². The van der Waals surface area contributed by atoms with E-state index in [1.807, 2.05) is 54.7 Å². The molecule has 2 amide bonds. The largest absolute Gasteiger partial charge is 0.333 e. The minimum Gasteiger partial charge on any atom is -0.288 e. The molecule has 4 nitrogen and oxygen atoms in total. The Labute approximate surface area is 134 Å². The lowest BCUT2D eigenvalue weighted by molar-refractivity contribution is 0.253. The van der Waals surface area contributed by atoms with Crippen molar-refractivity contribution in [1.82, 2.24) is 4.98 Å². The highest BCUT2D eigenvalue weighted by Crippen LogP contribution is 2.26. The van der Waals surface area contributed by atoms with Crippen LogP contribution < -0.4 is 9.80 Å². The van der Waals surface area contributed by atoms with Crippen LogP contribution in [0.3, 0.4) is 0 Å². The van der Waals surface area contributed by atoms with Crippen molar-refractivity contribution in [2.75, 3.05) is 16.3 Å². The molecule has 0 saturated heterocycles. The van der Waals surface area contributed by atoms with Crippen molar-refractivity contribution in [3.63, 3.8) is 0 Å². The molecule has 1 aromatic heterocycles. The Hall–Kier alpha value is -3.14. The number of amides is 2. The summed E-state index contributed by atoms with van der Waals surface area (Å²) >= 11 is 0. The Kier molecular flexibility index (Phi) is 3.27. The summed E-state index contributed by atoms with van der Waals surface area (Å²) in [5, 5.41) is 2.28. The Morgan fingerprint density at radius 1 is 0.913 bits per heavy atom. The minimum atomic E-state index is -0.0734. The lowest BCUT2D eigenvalue weighted by atomic mass is 10.1. The number of anilines is 2. The van der Waals surface area contributed by atoms with Crippen molar-refractivity contribution in [2.24, 2.45) is 0 Å². The zero-order chi connectivity index (χ0) is 15.6. The van der Waals surface area contributed by atoms with Crippen molar-refractivity contribution in [2.45, 2.75) is 0 Å². The number of aromatic nitrogens is 1. The van der Waals surface area contributed by atoms with Gasteiger partial charge in [0.15, 0.2) is 0 Å². The van der Waals surface area contributed by atoms with Crippen LogP contribution in [0.1, 0.15) is 0 Å². The fourth-order valence-electron chi connectivity index (χ4n) is 2.78. The van der Waals surface area contributed by atoms with E-state index in [1.165, 1.54) is 0 Å². The van der Waals surface area contributed by atoms with Crippen LogP contribution in [0.5, 0.6) is 0 Å². The molecule has 0 bridgehead atoms. The maximum absolute atomic E-state index is 12.8. The van der Waals surface area contributed by atoms with Gasteiger partial charge in [0.2, 0.25) is 0 Å². The molecule has 0 N–H and O–H groups in total. The quantitative estimate of drug-likeness (QED) is 0.711. The molecule has 0 atom stereocenters. The van der Waals surface area contributed by atoms with Crippen molar-refractivity contribution in [3.05, 3.63) is 79.3 Å². The second kappa shape index (κ2) is 5.57. The monoisotopic (exact) mass is 301 g/mol.